The van der Waals surface area contributed by atoms with Crippen LogP contribution in [0.25, 0.3) is 0 Å². The minimum atomic E-state index is -0.428. The third-order valence-electron chi connectivity index (χ3n) is 2.69. The van der Waals surface area contributed by atoms with E-state index in [9.17, 15) is 10.1 Å². The van der Waals surface area contributed by atoms with Gasteiger partial charge in [-0.2, -0.15) is 0 Å². The van der Waals surface area contributed by atoms with Crippen LogP contribution in [0.3, 0.4) is 0 Å². The Morgan fingerprint density at radius 3 is 2.94 bits per heavy atom. The van der Waals surface area contributed by atoms with Crippen molar-refractivity contribution in [3.8, 4) is 0 Å². The Morgan fingerprint density at radius 2 is 2.28 bits per heavy atom. The van der Waals surface area contributed by atoms with E-state index in [0.717, 1.165) is 13.0 Å². The Kier molecular flexibility index (Phi) is 4.48. The number of rotatable bonds is 7. The normalized spacial score (nSPS) is 14.5. The number of nitro groups is 1. The van der Waals surface area contributed by atoms with E-state index in [2.05, 4.69) is 31.5 Å². The van der Waals surface area contributed by atoms with Crippen molar-refractivity contribution in [2.45, 2.75) is 25.3 Å². The summed E-state index contributed by atoms with van der Waals surface area (Å²) < 4.78 is 0.607. The minimum Gasteiger partial charge on any atom is -0.364 e. The van der Waals surface area contributed by atoms with E-state index in [1.807, 2.05) is 0 Å². The molecule has 2 N–H and O–H groups in total. The van der Waals surface area contributed by atoms with Gasteiger partial charge in [0, 0.05) is 29.3 Å². The lowest BCUT2D eigenvalue weighted by atomic mass is 10.3. The predicted molar refractivity (Wildman–Crippen MR) is 72.7 cm³/mol. The molecule has 1 fully saturated rings. The first kappa shape index (κ1) is 13.2. The Morgan fingerprint density at radius 1 is 1.50 bits per heavy atom. The Hall–Kier alpha value is -1.21. The van der Waals surface area contributed by atoms with Crippen molar-refractivity contribution >= 4 is 27.4 Å². The van der Waals surface area contributed by atoms with Crippen molar-refractivity contribution in [3.05, 3.63) is 26.9 Å². The van der Waals surface area contributed by atoms with Crippen LogP contribution >= 0.6 is 15.9 Å². The molecule has 0 unspecified atom stereocenters. The fraction of sp³-hybridized carbons (Fsp3) is 0.545. The summed E-state index contributed by atoms with van der Waals surface area (Å²) in [5.74, 6) is 0.328. The lowest BCUT2D eigenvalue weighted by Crippen LogP contribution is -2.20. The summed E-state index contributed by atoms with van der Waals surface area (Å²) in [5.41, 5.74) is -0.000438. The van der Waals surface area contributed by atoms with E-state index in [-0.39, 0.29) is 5.69 Å². The van der Waals surface area contributed by atoms with Gasteiger partial charge in [0.2, 0.25) is 5.82 Å². The fourth-order valence-electron chi connectivity index (χ4n) is 1.59. The van der Waals surface area contributed by atoms with Gasteiger partial charge in [-0.1, -0.05) is 0 Å². The number of nitrogens with one attached hydrogen (secondary N) is 2. The monoisotopic (exact) mass is 314 g/mol. The second kappa shape index (κ2) is 6.10. The van der Waals surface area contributed by atoms with Crippen LogP contribution in [0.2, 0.25) is 0 Å². The highest BCUT2D eigenvalue weighted by atomic mass is 79.9. The molecule has 1 saturated carbocycles. The molecule has 2 rings (SSSR count). The Labute approximate surface area is 113 Å². The van der Waals surface area contributed by atoms with E-state index < -0.39 is 4.92 Å². The van der Waals surface area contributed by atoms with E-state index in [0.29, 0.717) is 22.9 Å². The van der Waals surface area contributed by atoms with Crippen molar-refractivity contribution in [2.75, 3.05) is 18.4 Å². The molecule has 0 amide bonds. The van der Waals surface area contributed by atoms with Crippen molar-refractivity contribution in [1.29, 1.82) is 0 Å². The second-order valence-electron chi connectivity index (χ2n) is 4.29. The highest BCUT2D eigenvalue weighted by molar-refractivity contribution is 9.10. The summed E-state index contributed by atoms with van der Waals surface area (Å²) in [6.45, 7) is 1.61. The van der Waals surface area contributed by atoms with E-state index in [1.54, 1.807) is 6.20 Å². The maximum absolute atomic E-state index is 10.9. The molecule has 6 nitrogen and oxygen atoms in total. The number of aromatic nitrogens is 1. The average molecular weight is 315 g/mol. The van der Waals surface area contributed by atoms with Gasteiger partial charge in [0.1, 0.15) is 0 Å². The van der Waals surface area contributed by atoms with Crippen LogP contribution in [0, 0.1) is 10.1 Å². The number of pyridine rings is 1. The quantitative estimate of drug-likeness (QED) is 0.458. The molecule has 0 radical (unpaired) electrons. The minimum absolute atomic E-state index is 0.000438. The second-order valence-corrected chi connectivity index (χ2v) is 5.20. The van der Waals surface area contributed by atoms with Gasteiger partial charge in [-0.05, 0) is 41.7 Å². The van der Waals surface area contributed by atoms with Gasteiger partial charge in [-0.3, -0.25) is 10.1 Å². The van der Waals surface area contributed by atoms with Gasteiger partial charge in [0.15, 0.2) is 0 Å². The van der Waals surface area contributed by atoms with Crippen molar-refractivity contribution in [2.24, 2.45) is 0 Å². The first-order valence-electron chi connectivity index (χ1n) is 5.94. The maximum atomic E-state index is 10.9. The summed E-state index contributed by atoms with van der Waals surface area (Å²) in [5, 5.41) is 17.2. The molecular formula is C11H15BrN4O2. The molecule has 98 valence electrons. The van der Waals surface area contributed by atoms with Crippen molar-refractivity contribution in [3.63, 3.8) is 0 Å². The SMILES string of the molecule is O=[N+]([O-])c1cc(Br)cnc1NCCCNC1CC1. The molecule has 1 aromatic heterocycles. The third kappa shape index (κ3) is 3.92. The largest absolute Gasteiger partial charge is 0.364 e. The molecule has 1 aromatic rings. The Balaban J connectivity index is 1.81. The molecule has 0 atom stereocenters. The molecule has 1 aliphatic carbocycles. The van der Waals surface area contributed by atoms with Gasteiger partial charge in [0.05, 0.1) is 4.92 Å². The molecule has 0 bridgehead atoms. The van der Waals surface area contributed by atoms with Crippen LogP contribution in [-0.2, 0) is 0 Å². The highest BCUT2D eigenvalue weighted by Gasteiger charge is 2.19. The van der Waals surface area contributed by atoms with Crippen LogP contribution in [0.15, 0.2) is 16.7 Å². The van der Waals surface area contributed by atoms with Crippen LogP contribution in [0.1, 0.15) is 19.3 Å². The number of halogens is 1. The summed E-state index contributed by atoms with van der Waals surface area (Å²) in [4.78, 5) is 14.4. The van der Waals surface area contributed by atoms with Crippen molar-refractivity contribution in [1.82, 2.24) is 10.3 Å². The van der Waals surface area contributed by atoms with E-state index in [4.69, 9.17) is 0 Å². The first-order valence-corrected chi connectivity index (χ1v) is 6.73. The predicted octanol–water partition coefficient (Wildman–Crippen LogP) is 2.31. The molecule has 7 heteroatoms. The molecule has 0 aliphatic heterocycles. The van der Waals surface area contributed by atoms with Crippen LogP contribution < -0.4 is 10.6 Å². The number of hydrogen-bond donors (Lipinski definition) is 2. The summed E-state index contributed by atoms with van der Waals surface area (Å²) in [6, 6.07) is 2.16. The zero-order valence-corrected chi connectivity index (χ0v) is 11.4. The third-order valence-corrected chi connectivity index (χ3v) is 3.12. The van der Waals surface area contributed by atoms with Crippen LogP contribution in [0.4, 0.5) is 11.5 Å². The van der Waals surface area contributed by atoms with Crippen LogP contribution in [0.5, 0.6) is 0 Å². The fourth-order valence-corrected chi connectivity index (χ4v) is 1.91. The molecular weight excluding hydrogens is 300 g/mol. The number of nitrogens with zero attached hydrogens (tertiary/aromatic N) is 2. The standard InChI is InChI=1S/C11H15BrN4O2/c12-8-6-10(16(17)18)11(15-7-8)14-5-1-4-13-9-2-3-9/h6-7,9,13H,1-5H2,(H,14,15). The molecule has 1 aliphatic rings. The smallest absolute Gasteiger partial charge is 0.312 e. The van der Waals surface area contributed by atoms with Gasteiger partial charge in [-0.25, -0.2) is 4.98 Å². The van der Waals surface area contributed by atoms with E-state index >= 15 is 0 Å². The first-order chi connectivity index (χ1) is 8.66. The highest BCUT2D eigenvalue weighted by Crippen LogP contribution is 2.25. The zero-order valence-electron chi connectivity index (χ0n) is 9.86. The maximum Gasteiger partial charge on any atom is 0.312 e. The van der Waals surface area contributed by atoms with Gasteiger partial charge < -0.3 is 10.6 Å². The van der Waals surface area contributed by atoms with E-state index in [1.165, 1.54) is 18.9 Å². The van der Waals surface area contributed by atoms with Gasteiger partial charge >= 0.3 is 5.69 Å². The molecule has 18 heavy (non-hydrogen) atoms. The van der Waals surface area contributed by atoms with Gasteiger partial charge in [0.25, 0.3) is 0 Å². The summed E-state index contributed by atoms with van der Waals surface area (Å²) >= 11 is 3.18. The van der Waals surface area contributed by atoms with Gasteiger partial charge in [-0.15, -0.1) is 0 Å². The van der Waals surface area contributed by atoms with Crippen LogP contribution in [-0.4, -0.2) is 29.0 Å². The van der Waals surface area contributed by atoms with Crippen molar-refractivity contribution < 1.29 is 4.92 Å². The molecule has 0 spiro atoms. The molecule has 1 heterocycles. The zero-order chi connectivity index (χ0) is 13.0. The lowest BCUT2D eigenvalue weighted by Gasteiger charge is -2.06. The number of hydrogen-bond acceptors (Lipinski definition) is 5. The average Bonchev–Trinajstić information content (AvgIpc) is 3.14. The topological polar surface area (TPSA) is 80.1 Å². The number of anilines is 1. The lowest BCUT2D eigenvalue weighted by molar-refractivity contribution is -0.384. The summed E-state index contributed by atoms with van der Waals surface area (Å²) in [7, 11) is 0. The molecule has 0 saturated heterocycles. The Bertz CT molecular complexity index is 437. The molecule has 0 aromatic carbocycles. The summed E-state index contributed by atoms with van der Waals surface area (Å²) in [6.07, 6.45) is 5.02.